The first kappa shape index (κ1) is 16.4. The second kappa shape index (κ2) is 8.53. The lowest BCUT2D eigenvalue weighted by Crippen LogP contribution is -2.39. The summed E-state index contributed by atoms with van der Waals surface area (Å²) in [4.78, 5) is 15.4. The van der Waals surface area contributed by atoms with Gasteiger partial charge in [0.2, 0.25) is 5.91 Å². The Morgan fingerprint density at radius 2 is 2.37 bits per heavy atom. The average Bonchev–Trinajstić information content (AvgIpc) is 2.76. The molecule has 0 saturated carbocycles. The molecule has 2 heterocycles. The lowest BCUT2D eigenvalue weighted by Gasteiger charge is -2.20. The number of hydrogen-bond acceptors (Lipinski definition) is 4. The van der Waals surface area contributed by atoms with Crippen molar-refractivity contribution in [1.82, 2.24) is 15.5 Å². The normalized spacial score (nSPS) is 18.2. The van der Waals surface area contributed by atoms with Gasteiger partial charge in [0.15, 0.2) is 0 Å². The molecule has 1 aromatic heterocycles. The topological polar surface area (TPSA) is 44.4 Å². The van der Waals surface area contributed by atoms with Crippen LogP contribution in [-0.4, -0.2) is 43.5 Å². The summed E-state index contributed by atoms with van der Waals surface area (Å²) in [6.07, 6.45) is 1.12. The van der Waals surface area contributed by atoms with Crippen molar-refractivity contribution in [3.8, 4) is 0 Å². The standard InChI is InChI=1S/C13H21N3OS.ClH/c1-11(12-4-2-9-18-12)15-13(17)10-16-7-3-5-14-6-8-16;/h2,4,9,11,14H,3,5-8,10H2,1H3,(H,15,17);1H. The van der Waals surface area contributed by atoms with E-state index in [4.69, 9.17) is 0 Å². The van der Waals surface area contributed by atoms with Crippen LogP contribution in [0.1, 0.15) is 24.3 Å². The summed E-state index contributed by atoms with van der Waals surface area (Å²) in [7, 11) is 0. The maximum Gasteiger partial charge on any atom is 0.234 e. The molecular weight excluding hydrogens is 282 g/mol. The van der Waals surface area contributed by atoms with Crippen molar-refractivity contribution in [2.24, 2.45) is 0 Å². The first-order chi connectivity index (χ1) is 8.75. The third-order valence-corrected chi connectivity index (χ3v) is 4.20. The lowest BCUT2D eigenvalue weighted by atomic mass is 10.2. The Balaban J connectivity index is 0.00000180. The van der Waals surface area contributed by atoms with Gasteiger partial charge in [-0.05, 0) is 37.9 Å². The van der Waals surface area contributed by atoms with Crippen LogP contribution in [0.15, 0.2) is 17.5 Å². The number of carbonyl (C=O) groups excluding carboxylic acids is 1. The molecule has 19 heavy (non-hydrogen) atoms. The van der Waals surface area contributed by atoms with E-state index in [2.05, 4.69) is 21.6 Å². The summed E-state index contributed by atoms with van der Waals surface area (Å²) in [6, 6.07) is 4.19. The summed E-state index contributed by atoms with van der Waals surface area (Å²) in [5, 5.41) is 8.44. The van der Waals surface area contributed by atoms with Crippen LogP contribution in [0.3, 0.4) is 0 Å². The fourth-order valence-electron chi connectivity index (χ4n) is 2.16. The van der Waals surface area contributed by atoms with E-state index in [1.165, 1.54) is 4.88 Å². The van der Waals surface area contributed by atoms with Gasteiger partial charge in [-0.2, -0.15) is 0 Å². The minimum absolute atomic E-state index is 0. The fourth-order valence-corrected chi connectivity index (χ4v) is 2.89. The minimum Gasteiger partial charge on any atom is -0.348 e. The van der Waals surface area contributed by atoms with Gasteiger partial charge in [0, 0.05) is 18.0 Å². The molecule has 1 amide bonds. The Labute approximate surface area is 125 Å². The highest BCUT2D eigenvalue weighted by Gasteiger charge is 2.15. The molecule has 4 nitrogen and oxygen atoms in total. The SMILES string of the molecule is CC(NC(=O)CN1CCCNCC1)c1cccs1.Cl. The van der Waals surface area contributed by atoms with E-state index in [0.29, 0.717) is 6.54 Å². The van der Waals surface area contributed by atoms with Gasteiger partial charge in [0.1, 0.15) is 0 Å². The zero-order valence-electron chi connectivity index (χ0n) is 11.2. The molecule has 1 aliphatic rings. The van der Waals surface area contributed by atoms with Crippen molar-refractivity contribution >= 4 is 29.7 Å². The molecule has 1 fully saturated rings. The van der Waals surface area contributed by atoms with Crippen molar-refractivity contribution in [1.29, 1.82) is 0 Å². The van der Waals surface area contributed by atoms with Crippen LogP contribution in [0.4, 0.5) is 0 Å². The molecule has 1 atom stereocenters. The minimum atomic E-state index is 0. The largest absolute Gasteiger partial charge is 0.348 e. The van der Waals surface area contributed by atoms with E-state index in [-0.39, 0.29) is 24.4 Å². The highest BCUT2D eigenvalue weighted by atomic mass is 35.5. The molecule has 1 unspecified atom stereocenters. The number of carbonyl (C=O) groups is 1. The van der Waals surface area contributed by atoms with Gasteiger partial charge in [-0.1, -0.05) is 6.07 Å². The predicted molar refractivity (Wildman–Crippen MR) is 82.1 cm³/mol. The summed E-state index contributed by atoms with van der Waals surface area (Å²) >= 11 is 1.68. The lowest BCUT2D eigenvalue weighted by molar-refractivity contribution is -0.122. The van der Waals surface area contributed by atoms with Gasteiger partial charge >= 0.3 is 0 Å². The van der Waals surface area contributed by atoms with Crippen LogP contribution in [0.5, 0.6) is 0 Å². The number of nitrogens with one attached hydrogen (secondary N) is 2. The zero-order chi connectivity index (χ0) is 12.8. The third-order valence-electron chi connectivity index (χ3n) is 3.15. The summed E-state index contributed by atoms with van der Waals surface area (Å²) in [5.74, 6) is 0.123. The average molecular weight is 304 g/mol. The van der Waals surface area contributed by atoms with E-state index in [9.17, 15) is 4.79 Å². The molecule has 1 saturated heterocycles. The molecule has 0 spiro atoms. The first-order valence-corrected chi connectivity index (χ1v) is 7.39. The summed E-state index contributed by atoms with van der Waals surface area (Å²) in [5.41, 5.74) is 0. The maximum absolute atomic E-state index is 12.0. The molecule has 0 aliphatic carbocycles. The van der Waals surface area contributed by atoms with Crippen LogP contribution >= 0.6 is 23.7 Å². The number of halogens is 1. The highest BCUT2D eigenvalue weighted by Crippen LogP contribution is 2.17. The zero-order valence-corrected chi connectivity index (χ0v) is 12.9. The smallest absolute Gasteiger partial charge is 0.234 e. The molecule has 0 radical (unpaired) electrons. The van der Waals surface area contributed by atoms with Gasteiger partial charge in [0.05, 0.1) is 12.6 Å². The molecule has 2 N–H and O–H groups in total. The highest BCUT2D eigenvalue weighted by molar-refractivity contribution is 7.10. The van der Waals surface area contributed by atoms with E-state index in [1.807, 2.05) is 18.4 Å². The number of hydrogen-bond donors (Lipinski definition) is 2. The Morgan fingerprint density at radius 1 is 1.53 bits per heavy atom. The van der Waals surface area contributed by atoms with E-state index >= 15 is 0 Å². The number of nitrogens with zero attached hydrogens (tertiary/aromatic N) is 1. The Morgan fingerprint density at radius 3 is 3.11 bits per heavy atom. The Kier molecular flexibility index (Phi) is 7.38. The maximum atomic E-state index is 12.0. The molecule has 1 aromatic rings. The molecule has 2 rings (SSSR count). The van der Waals surface area contributed by atoms with E-state index < -0.39 is 0 Å². The number of amides is 1. The van der Waals surface area contributed by atoms with Crippen LogP contribution in [0.2, 0.25) is 0 Å². The summed E-state index contributed by atoms with van der Waals surface area (Å²) in [6.45, 7) is 6.55. The third kappa shape index (κ3) is 5.48. The fraction of sp³-hybridized carbons (Fsp3) is 0.615. The van der Waals surface area contributed by atoms with Crippen molar-refractivity contribution in [3.63, 3.8) is 0 Å². The molecule has 6 heteroatoms. The van der Waals surface area contributed by atoms with E-state index in [1.54, 1.807) is 11.3 Å². The molecule has 1 aliphatic heterocycles. The van der Waals surface area contributed by atoms with Gasteiger partial charge in [-0.3, -0.25) is 9.69 Å². The second-order valence-corrected chi connectivity index (χ2v) is 5.66. The van der Waals surface area contributed by atoms with Gasteiger partial charge in [-0.25, -0.2) is 0 Å². The van der Waals surface area contributed by atoms with Crippen molar-refractivity contribution < 1.29 is 4.79 Å². The molecule has 0 bridgehead atoms. The van der Waals surface area contributed by atoms with Crippen LogP contribution in [-0.2, 0) is 4.79 Å². The van der Waals surface area contributed by atoms with Crippen LogP contribution in [0, 0.1) is 0 Å². The monoisotopic (exact) mass is 303 g/mol. The molecule has 0 aromatic carbocycles. The van der Waals surface area contributed by atoms with Gasteiger partial charge in [0.25, 0.3) is 0 Å². The first-order valence-electron chi connectivity index (χ1n) is 6.51. The van der Waals surface area contributed by atoms with Crippen molar-refractivity contribution in [2.45, 2.75) is 19.4 Å². The Hall–Kier alpha value is -0.620. The van der Waals surface area contributed by atoms with Gasteiger partial charge < -0.3 is 10.6 Å². The predicted octanol–water partition coefficient (Wildman–Crippen LogP) is 1.64. The van der Waals surface area contributed by atoms with Crippen molar-refractivity contribution in [2.75, 3.05) is 32.7 Å². The van der Waals surface area contributed by atoms with Crippen molar-refractivity contribution in [3.05, 3.63) is 22.4 Å². The molecule has 108 valence electrons. The van der Waals surface area contributed by atoms with E-state index in [0.717, 1.165) is 32.6 Å². The Bertz CT molecular complexity index is 364. The number of rotatable bonds is 4. The second-order valence-electron chi connectivity index (χ2n) is 4.68. The quantitative estimate of drug-likeness (QED) is 0.889. The summed E-state index contributed by atoms with van der Waals surface area (Å²) < 4.78 is 0. The van der Waals surface area contributed by atoms with Crippen LogP contribution < -0.4 is 10.6 Å². The number of thiophene rings is 1. The molecular formula is C13H22ClN3OS. The van der Waals surface area contributed by atoms with Gasteiger partial charge in [-0.15, -0.1) is 23.7 Å². The van der Waals surface area contributed by atoms with Crippen LogP contribution in [0.25, 0.3) is 0 Å².